The number of nitrogens with zero attached hydrogens (tertiary/aromatic N) is 2. The number of piperidine rings is 1. The van der Waals surface area contributed by atoms with Crippen LogP contribution in [0.5, 0.6) is 0 Å². The number of carbonyl (C=O) groups is 1. The zero-order valence-electron chi connectivity index (χ0n) is 33.5. The van der Waals surface area contributed by atoms with Gasteiger partial charge in [-0.3, -0.25) is 20.4 Å². The molecule has 0 radical (unpaired) electrons. The molecule has 4 atom stereocenters. The molecule has 55 heavy (non-hydrogen) atoms. The first-order chi connectivity index (χ1) is 27.0. The molecule has 3 aromatic rings. The molecule has 7 nitrogen and oxygen atoms in total. The van der Waals surface area contributed by atoms with Gasteiger partial charge in [-0.2, -0.15) is 0 Å². The molecule has 4 unspecified atom stereocenters. The SMILES string of the molecule is N=C(N)c1ccc2c(c1)N(Cc1cccc3ccccc13)C(C(=O)NC1CC3(CCCCCCCCC3)CC(N3CCCC3)N1)C2C1CCCCCCCC1. The van der Waals surface area contributed by atoms with Gasteiger partial charge in [0.05, 0.1) is 12.3 Å². The van der Waals surface area contributed by atoms with E-state index in [0.29, 0.717) is 18.6 Å². The molecule has 1 amide bonds. The predicted octanol–water partition coefficient (Wildman–Crippen LogP) is 10.1. The average molecular weight is 745 g/mol. The minimum Gasteiger partial charge on any atom is -0.384 e. The number of nitrogen functional groups attached to an aromatic ring is 1. The summed E-state index contributed by atoms with van der Waals surface area (Å²) in [6, 6.07) is 21.3. The number of likely N-dealkylation sites (tertiary alicyclic amines) is 1. The van der Waals surface area contributed by atoms with E-state index in [9.17, 15) is 0 Å². The second kappa shape index (κ2) is 17.8. The maximum atomic E-state index is 15.6. The van der Waals surface area contributed by atoms with Crippen molar-refractivity contribution in [2.45, 2.75) is 166 Å². The van der Waals surface area contributed by atoms with Gasteiger partial charge in [0.1, 0.15) is 11.9 Å². The van der Waals surface area contributed by atoms with Crippen molar-refractivity contribution in [3.8, 4) is 0 Å². The number of amides is 1. The predicted molar refractivity (Wildman–Crippen MR) is 227 cm³/mol. The molecular formula is C48H68N6O. The number of anilines is 1. The van der Waals surface area contributed by atoms with Crippen LogP contribution < -0.4 is 21.3 Å². The Bertz CT molecular complexity index is 1740. The molecule has 2 saturated heterocycles. The van der Waals surface area contributed by atoms with E-state index in [0.717, 1.165) is 43.6 Å². The highest BCUT2D eigenvalue weighted by molar-refractivity contribution is 5.98. The van der Waals surface area contributed by atoms with Crippen LogP contribution in [0.2, 0.25) is 0 Å². The Labute approximate surface area is 331 Å². The van der Waals surface area contributed by atoms with Gasteiger partial charge < -0.3 is 16.0 Å². The topological polar surface area (TPSA) is 97.5 Å². The summed E-state index contributed by atoms with van der Waals surface area (Å²) in [6.07, 6.45) is 27.0. The van der Waals surface area contributed by atoms with Crippen LogP contribution in [0.4, 0.5) is 5.69 Å². The maximum absolute atomic E-state index is 15.6. The van der Waals surface area contributed by atoms with Crippen LogP contribution in [0, 0.1) is 16.7 Å². The molecule has 8 rings (SSSR count). The van der Waals surface area contributed by atoms with Crippen LogP contribution in [0.15, 0.2) is 60.7 Å². The summed E-state index contributed by atoms with van der Waals surface area (Å²) in [5, 5.41) is 18.8. The van der Waals surface area contributed by atoms with Crippen LogP contribution >= 0.6 is 0 Å². The van der Waals surface area contributed by atoms with E-state index in [-0.39, 0.29) is 35.3 Å². The molecule has 5 N–H and O–H groups in total. The molecule has 4 fully saturated rings. The lowest BCUT2D eigenvalue weighted by Crippen LogP contribution is -2.63. The van der Waals surface area contributed by atoms with Crippen LogP contribution in [-0.2, 0) is 11.3 Å². The normalized spacial score (nSPS) is 27.2. The Kier molecular flexibility index (Phi) is 12.4. The Hall–Kier alpha value is -3.42. The fraction of sp³-hybridized carbons (Fsp3) is 0.625. The Morgan fingerprint density at radius 1 is 0.782 bits per heavy atom. The molecule has 5 aliphatic rings. The molecule has 2 saturated carbocycles. The Morgan fingerprint density at radius 2 is 1.44 bits per heavy atom. The van der Waals surface area contributed by atoms with E-state index in [2.05, 4.69) is 75.0 Å². The number of nitrogens with one attached hydrogen (secondary N) is 3. The lowest BCUT2D eigenvalue weighted by atomic mass is 9.68. The van der Waals surface area contributed by atoms with E-state index in [1.807, 2.05) is 6.07 Å². The summed E-state index contributed by atoms with van der Waals surface area (Å²) in [7, 11) is 0. The number of rotatable bonds is 7. The average Bonchev–Trinajstić information content (AvgIpc) is 3.87. The van der Waals surface area contributed by atoms with E-state index in [4.69, 9.17) is 11.1 Å². The van der Waals surface area contributed by atoms with Gasteiger partial charge >= 0.3 is 0 Å². The van der Waals surface area contributed by atoms with Crippen LogP contribution in [0.3, 0.4) is 0 Å². The quantitative estimate of drug-likeness (QED) is 0.143. The summed E-state index contributed by atoms with van der Waals surface area (Å²) < 4.78 is 0. The van der Waals surface area contributed by atoms with Crippen molar-refractivity contribution in [1.82, 2.24) is 15.5 Å². The van der Waals surface area contributed by atoms with Gasteiger partial charge in [-0.15, -0.1) is 0 Å². The molecule has 7 heteroatoms. The van der Waals surface area contributed by atoms with Crippen molar-refractivity contribution in [3.63, 3.8) is 0 Å². The van der Waals surface area contributed by atoms with Gasteiger partial charge in [-0.25, -0.2) is 0 Å². The number of hydrogen-bond acceptors (Lipinski definition) is 5. The molecule has 3 aromatic carbocycles. The van der Waals surface area contributed by atoms with E-state index in [1.165, 1.54) is 137 Å². The Balaban J connectivity index is 1.17. The van der Waals surface area contributed by atoms with Crippen LogP contribution in [0.25, 0.3) is 10.8 Å². The number of nitrogens with two attached hydrogens (primary N) is 1. The summed E-state index contributed by atoms with van der Waals surface area (Å²) in [4.78, 5) is 20.7. The van der Waals surface area contributed by atoms with Crippen molar-refractivity contribution >= 4 is 28.2 Å². The first-order valence-electron chi connectivity index (χ1n) is 22.5. The summed E-state index contributed by atoms with van der Waals surface area (Å²) >= 11 is 0. The lowest BCUT2D eigenvalue weighted by Gasteiger charge is -2.49. The van der Waals surface area contributed by atoms with Crippen molar-refractivity contribution in [2.24, 2.45) is 17.1 Å². The number of fused-ring (bicyclic) bond motifs is 2. The second-order valence-electron chi connectivity index (χ2n) is 18.3. The van der Waals surface area contributed by atoms with Crippen molar-refractivity contribution < 1.29 is 4.79 Å². The third-order valence-electron chi connectivity index (χ3n) is 14.6. The molecule has 0 bridgehead atoms. The van der Waals surface area contributed by atoms with Gasteiger partial charge in [0.15, 0.2) is 0 Å². The Morgan fingerprint density at radius 3 is 2.15 bits per heavy atom. The molecular weight excluding hydrogens is 677 g/mol. The zero-order valence-corrected chi connectivity index (χ0v) is 33.5. The van der Waals surface area contributed by atoms with Crippen molar-refractivity contribution in [3.05, 3.63) is 77.4 Å². The monoisotopic (exact) mass is 745 g/mol. The highest BCUT2D eigenvalue weighted by Gasteiger charge is 2.48. The maximum Gasteiger partial charge on any atom is 0.244 e. The van der Waals surface area contributed by atoms with E-state index < -0.39 is 0 Å². The molecule has 0 aromatic heterocycles. The van der Waals surface area contributed by atoms with Gasteiger partial charge in [0, 0.05) is 23.7 Å². The van der Waals surface area contributed by atoms with Crippen LogP contribution in [0.1, 0.15) is 157 Å². The molecule has 3 aliphatic heterocycles. The zero-order chi connectivity index (χ0) is 37.6. The fourth-order valence-corrected chi connectivity index (χ4v) is 11.7. The molecule has 2 aliphatic carbocycles. The smallest absolute Gasteiger partial charge is 0.244 e. The lowest BCUT2D eigenvalue weighted by molar-refractivity contribution is -0.125. The second-order valence-corrected chi connectivity index (χ2v) is 18.3. The van der Waals surface area contributed by atoms with Crippen molar-refractivity contribution in [1.29, 1.82) is 5.41 Å². The minimum atomic E-state index is -0.337. The number of hydrogen-bond donors (Lipinski definition) is 4. The molecule has 296 valence electrons. The summed E-state index contributed by atoms with van der Waals surface area (Å²) in [5.74, 6) is 0.759. The van der Waals surface area contributed by atoms with E-state index in [1.54, 1.807) is 0 Å². The van der Waals surface area contributed by atoms with Crippen LogP contribution in [-0.4, -0.2) is 48.1 Å². The van der Waals surface area contributed by atoms with Gasteiger partial charge in [0.25, 0.3) is 0 Å². The van der Waals surface area contributed by atoms with Crippen molar-refractivity contribution in [2.75, 3.05) is 18.0 Å². The largest absolute Gasteiger partial charge is 0.384 e. The third-order valence-corrected chi connectivity index (χ3v) is 14.6. The standard InChI is InChI=1S/C48H68N6O/c49-46(50)37-25-26-40-41(31-37)54(34-38-23-18-22-35-19-12-13-24-39(35)38)45(44(40)36-20-10-6-2-3-7-11-21-36)47(55)52-42-32-48(27-14-8-4-1-5-9-15-28-48)33-43(51-42)53-29-16-17-30-53/h12-13,18-19,22-26,31,36,42-45,51H,1-11,14-17,20-21,27-30,32-34H2,(H3,49,50)(H,52,55). The highest BCUT2D eigenvalue weighted by atomic mass is 16.2. The molecule has 3 heterocycles. The third kappa shape index (κ3) is 8.78. The number of carbonyl (C=O) groups excluding carboxylic acids is 1. The van der Waals surface area contributed by atoms with Gasteiger partial charge in [-0.05, 0) is 104 Å². The van der Waals surface area contributed by atoms with Gasteiger partial charge in [-0.1, -0.05) is 138 Å². The number of amidine groups is 1. The summed E-state index contributed by atoms with van der Waals surface area (Å²) in [5.41, 5.74) is 10.8. The summed E-state index contributed by atoms with van der Waals surface area (Å²) in [6.45, 7) is 2.95. The minimum absolute atomic E-state index is 0.0492. The first-order valence-corrected chi connectivity index (χ1v) is 22.5. The van der Waals surface area contributed by atoms with E-state index >= 15 is 4.79 Å². The highest BCUT2D eigenvalue weighted by Crippen LogP contribution is 2.50. The first kappa shape index (κ1) is 38.5. The molecule has 1 spiro atoms. The van der Waals surface area contributed by atoms with Gasteiger partial charge in [0.2, 0.25) is 5.91 Å². The number of benzene rings is 3. The fourth-order valence-electron chi connectivity index (χ4n) is 11.7.